The van der Waals surface area contributed by atoms with Crippen molar-refractivity contribution in [1.29, 1.82) is 0 Å². The first kappa shape index (κ1) is 14.3. The molecule has 1 aromatic carbocycles. The van der Waals surface area contributed by atoms with Crippen LogP contribution in [0.4, 0.5) is 9.18 Å². The summed E-state index contributed by atoms with van der Waals surface area (Å²) < 4.78 is 18.9. The summed E-state index contributed by atoms with van der Waals surface area (Å²) in [5.41, 5.74) is 1.39. The summed E-state index contributed by atoms with van der Waals surface area (Å²) in [6.45, 7) is 3.66. The summed E-state index contributed by atoms with van der Waals surface area (Å²) >= 11 is 0. The lowest BCUT2D eigenvalue weighted by molar-refractivity contribution is 0.230. The lowest BCUT2D eigenvalue weighted by atomic mass is 10.1. The zero-order chi connectivity index (χ0) is 14.7. The van der Waals surface area contributed by atoms with Crippen molar-refractivity contribution in [3.8, 4) is 0 Å². The van der Waals surface area contributed by atoms with E-state index in [-0.39, 0.29) is 25.0 Å². The molecule has 0 spiro atoms. The van der Waals surface area contributed by atoms with Crippen LogP contribution in [-0.2, 0) is 0 Å². The Morgan fingerprint density at radius 1 is 1.50 bits per heavy atom. The van der Waals surface area contributed by atoms with Gasteiger partial charge >= 0.3 is 6.03 Å². The highest BCUT2D eigenvalue weighted by molar-refractivity contribution is 5.82. The Morgan fingerprint density at radius 2 is 2.25 bits per heavy atom. The van der Waals surface area contributed by atoms with E-state index in [1.54, 1.807) is 13.0 Å². The van der Waals surface area contributed by atoms with Gasteiger partial charge in [0.2, 0.25) is 0 Å². The molecule has 5 nitrogen and oxygen atoms in total. The molecule has 0 aliphatic heterocycles. The number of aliphatic hydroxyl groups excluding tert-OH is 1. The maximum absolute atomic E-state index is 13.2. The van der Waals surface area contributed by atoms with E-state index in [0.717, 1.165) is 5.56 Å². The molecule has 0 aliphatic carbocycles. The number of furan rings is 1. The molecule has 2 rings (SSSR count). The number of hydrogen-bond acceptors (Lipinski definition) is 3. The molecule has 20 heavy (non-hydrogen) atoms. The van der Waals surface area contributed by atoms with Crippen LogP contribution in [0.2, 0.25) is 0 Å². The quantitative estimate of drug-likeness (QED) is 0.804. The van der Waals surface area contributed by atoms with Crippen LogP contribution in [0.3, 0.4) is 0 Å². The number of amides is 2. The molecule has 6 heteroatoms. The second-order valence-electron chi connectivity index (χ2n) is 4.58. The number of aliphatic hydroxyl groups is 1. The molecular weight excluding hydrogens is 263 g/mol. The van der Waals surface area contributed by atoms with Gasteiger partial charge in [0.25, 0.3) is 0 Å². The first-order chi connectivity index (χ1) is 9.52. The van der Waals surface area contributed by atoms with Crippen LogP contribution in [0.15, 0.2) is 22.6 Å². The van der Waals surface area contributed by atoms with Crippen molar-refractivity contribution in [2.45, 2.75) is 19.9 Å². The van der Waals surface area contributed by atoms with Gasteiger partial charge in [-0.15, -0.1) is 0 Å². The maximum Gasteiger partial charge on any atom is 0.315 e. The van der Waals surface area contributed by atoms with Crippen LogP contribution in [0.5, 0.6) is 0 Å². The Kier molecular flexibility index (Phi) is 4.24. The third-order valence-corrected chi connectivity index (χ3v) is 3.07. The molecule has 1 heterocycles. The van der Waals surface area contributed by atoms with Crippen molar-refractivity contribution in [3.63, 3.8) is 0 Å². The standard InChI is InChI=1S/C14H17FN2O3/c1-8-11-7-10(15)3-4-12(11)20-13(8)9(2)17-14(19)16-5-6-18/h3-4,7,9,18H,5-6H2,1-2H3,(H2,16,17,19)/t9-/m0/s1. The average molecular weight is 280 g/mol. The smallest absolute Gasteiger partial charge is 0.315 e. The van der Waals surface area contributed by atoms with E-state index in [1.165, 1.54) is 12.1 Å². The number of rotatable bonds is 4. The van der Waals surface area contributed by atoms with Gasteiger partial charge in [0, 0.05) is 17.5 Å². The SMILES string of the molecule is Cc1c([C@H](C)NC(=O)NCCO)oc2ccc(F)cc12. The summed E-state index contributed by atoms with van der Waals surface area (Å²) in [5.74, 6) is 0.263. The van der Waals surface area contributed by atoms with Crippen LogP contribution in [0.1, 0.15) is 24.3 Å². The summed E-state index contributed by atoms with van der Waals surface area (Å²) in [7, 11) is 0. The number of fused-ring (bicyclic) bond motifs is 1. The van der Waals surface area contributed by atoms with Gasteiger partial charge in [-0.2, -0.15) is 0 Å². The predicted octanol–water partition coefficient (Wildman–Crippen LogP) is 2.23. The molecule has 0 bridgehead atoms. The molecular formula is C14H17FN2O3. The minimum atomic E-state index is -0.391. The van der Waals surface area contributed by atoms with E-state index in [0.29, 0.717) is 16.7 Å². The fourth-order valence-corrected chi connectivity index (χ4v) is 2.11. The lowest BCUT2D eigenvalue weighted by Gasteiger charge is -2.13. The summed E-state index contributed by atoms with van der Waals surface area (Å²) in [5, 5.41) is 14.5. The summed E-state index contributed by atoms with van der Waals surface area (Å²) in [4.78, 5) is 11.5. The minimum absolute atomic E-state index is 0.120. The maximum atomic E-state index is 13.2. The van der Waals surface area contributed by atoms with Crippen molar-refractivity contribution in [3.05, 3.63) is 35.3 Å². The number of aryl methyl sites for hydroxylation is 1. The zero-order valence-corrected chi connectivity index (χ0v) is 11.4. The molecule has 2 amide bonds. The van der Waals surface area contributed by atoms with Gasteiger partial charge in [-0.25, -0.2) is 9.18 Å². The summed E-state index contributed by atoms with van der Waals surface area (Å²) in [6.07, 6.45) is 0. The predicted molar refractivity (Wildman–Crippen MR) is 72.9 cm³/mol. The first-order valence-corrected chi connectivity index (χ1v) is 6.36. The van der Waals surface area contributed by atoms with Crippen LogP contribution in [0.25, 0.3) is 11.0 Å². The Hall–Kier alpha value is -2.08. The van der Waals surface area contributed by atoms with E-state index in [2.05, 4.69) is 10.6 Å². The van der Waals surface area contributed by atoms with Crippen LogP contribution in [-0.4, -0.2) is 24.3 Å². The molecule has 0 aliphatic rings. The van der Waals surface area contributed by atoms with Gasteiger partial charge in [-0.05, 0) is 32.0 Å². The normalized spacial score (nSPS) is 12.4. The molecule has 0 radical (unpaired) electrons. The third-order valence-electron chi connectivity index (χ3n) is 3.07. The molecule has 0 saturated heterocycles. The summed E-state index contributed by atoms with van der Waals surface area (Å²) in [6, 6.07) is 3.57. The highest BCUT2D eigenvalue weighted by atomic mass is 19.1. The zero-order valence-electron chi connectivity index (χ0n) is 11.4. The highest BCUT2D eigenvalue weighted by Crippen LogP contribution is 2.29. The monoisotopic (exact) mass is 280 g/mol. The van der Waals surface area contributed by atoms with Crippen LogP contribution < -0.4 is 10.6 Å². The number of urea groups is 1. The number of benzene rings is 1. The molecule has 3 N–H and O–H groups in total. The van der Waals surface area contributed by atoms with Gasteiger partial charge in [0.1, 0.15) is 17.2 Å². The van der Waals surface area contributed by atoms with E-state index < -0.39 is 6.03 Å². The Labute approximate surface area is 115 Å². The second kappa shape index (κ2) is 5.92. The molecule has 0 saturated carbocycles. The third kappa shape index (κ3) is 2.91. The number of carbonyl (C=O) groups is 1. The fourth-order valence-electron chi connectivity index (χ4n) is 2.11. The lowest BCUT2D eigenvalue weighted by Crippen LogP contribution is -2.38. The van der Waals surface area contributed by atoms with Gasteiger partial charge in [-0.1, -0.05) is 0 Å². The van der Waals surface area contributed by atoms with Gasteiger partial charge in [-0.3, -0.25) is 0 Å². The Balaban J connectivity index is 2.20. The minimum Gasteiger partial charge on any atom is -0.459 e. The molecule has 108 valence electrons. The second-order valence-corrected chi connectivity index (χ2v) is 4.58. The van der Waals surface area contributed by atoms with Gasteiger partial charge in [0.05, 0.1) is 12.6 Å². The van der Waals surface area contributed by atoms with Crippen LogP contribution >= 0.6 is 0 Å². The molecule has 0 fully saturated rings. The largest absolute Gasteiger partial charge is 0.459 e. The Bertz CT molecular complexity index is 624. The van der Waals surface area contributed by atoms with Gasteiger partial charge in [0.15, 0.2) is 0 Å². The molecule has 2 aromatic rings. The average Bonchev–Trinajstić information content (AvgIpc) is 2.74. The number of halogens is 1. The van der Waals surface area contributed by atoms with E-state index in [9.17, 15) is 9.18 Å². The Morgan fingerprint density at radius 3 is 2.95 bits per heavy atom. The fraction of sp³-hybridized carbons (Fsp3) is 0.357. The molecule has 1 atom stereocenters. The number of nitrogens with one attached hydrogen (secondary N) is 2. The van der Waals surface area contributed by atoms with E-state index in [4.69, 9.17) is 9.52 Å². The topological polar surface area (TPSA) is 74.5 Å². The van der Waals surface area contributed by atoms with Crippen molar-refractivity contribution < 1.29 is 18.7 Å². The highest BCUT2D eigenvalue weighted by Gasteiger charge is 2.18. The van der Waals surface area contributed by atoms with Crippen molar-refractivity contribution in [2.75, 3.05) is 13.2 Å². The number of hydrogen-bond donors (Lipinski definition) is 3. The number of carbonyl (C=O) groups excluding carboxylic acids is 1. The van der Waals surface area contributed by atoms with Gasteiger partial charge < -0.3 is 20.2 Å². The van der Waals surface area contributed by atoms with Crippen LogP contribution in [0, 0.1) is 12.7 Å². The van der Waals surface area contributed by atoms with Crippen molar-refractivity contribution in [1.82, 2.24) is 10.6 Å². The van der Waals surface area contributed by atoms with E-state index >= 15 is 0 Å². The van der Waals surface area contributed by atoms with Crippen molar-refractivity contribution >= 4 is 17.0 Å². The van der Waals surface area contributed by atoms with E-state index in [1.807, 2.05) is 6.92 Å². The van der Waals surface area contributed by atoms with Crippen molar-refractivity contribution in [2.24, 2.45) is 0 Å². The molecule has 0 unspecified atom stereocenters. The molecule has 1 aromatic heterocycles. The first-order valence-electron chi connectivity index (χ1n) is 6.36.